The number of ketones is 1. The number of amides is 2. The third-order valence-corrected chi connectivity index (χ3v) is 5.23. The standard InChI is InChI=1S/C17H21N3O3/c21-15-3-1-2-14-12(15)10-13(16(22)18-14)17(23)20-8-6-19(7-9-20)11-4-5-11/h10-11,13H,1-9H2. The van der Waals surface area contributed by atoms with Crippen molar-refractivity contribution < 1.29 is 14.4 Å². The van der Waals surface area contributed by atoms with Crippen LogP contribution in [0.15, 0.2) is 16.6 Å². The Morgan fingerprint density at radius 1 is 1.09 bits per heavy atom. The first-order chi connectivity index (χ1) is 11.1. The smallest absolute Gasteiger partial charge is 0.262 e. The molecule has 4 rings (SSSR count). The number of hydrogen-bond donors (Lipinski definition) is 0. The Kier molecular flexibility index (Phi) is 3.64. The van der Waals surface area contributed by atoms with Crippen molar-refractivity contribution in [1.29, 1.82) is 0 Å². The van der Waals surface area contributed by atoms with Crippen LogP contribution in [0.5, 0.6) is 0 Å². The van der Waals surface area contributed by atoms with E-state index in [2.05, 4.69) is 9.89 Å². The van der Waals surface area contributed by atoms with Gasteiger partial charge in [0.25, 0.3) is 5.91 Å². The number of Topliss-reactive ketones (excluding diaryl/α,β-unsaturated/α-hetero) is 1. The first-order valence-electron chi connectivity index (χ1n) is 8.53. The van der Waals surface area contributed by atoms with Crippen LogP contribution in [0.3, 0.4) is 0 Å². The highest BCUT2D eigenvalue weighted by molar-refractivity contribution is 6.28. The van der Waals surface area contributed by atoms with E-state index in [-0.39, 0.29) is 11.7 Å². The second kappa shape index (κ2) is 5.67. The lowest BCUT2D eigenvalue weighted by Crippen LogP contribution is -2.52. The summed E-state index contributed by atoms with van der Waals surface area (Å²) in [5, 5.41) is 0. The van der Waals surface area contributed by atoms with Crippen molar-refractivity contribution in [2.24, 2.45) is 10.9 Å². The predicted octanol–water partition coefficient (Wildman–Crippen LogP) is 0.570. The highest BCUT2D eigenvalue weighted by atomic mass is 16.2. The summed E-state index contributed by atoms with van der Waals surface area (Å²) >= 11 is 0. The molecule has 1 atom stereocenters. The summed E-state index contributed by atoms with van der Waals surface area (Å²) in [6.07, 6.45) is 5.98. The zero-order valence-corrected chi connectivity index (χ0v) is 13.2. The molecule has 1 saturated heterocycles. The third-order valence-electron chi connectivity index (χ3n) is 5.23. The van der Waals surface area contributed by atoms with Gasteiger partial charge < -0.3 is 4.90 Å². The summed E-state index contributed by atoms with van der Waals surface area (Å²) in [6.45, 7) is 3.07. The zero-order valence-electron chi connectivity index (χ0n) is 13.2. The van der Waals surface area contributed by atoms with Crippen LogP contribution in [0, 0.1) is 5.92 Å². The second-order valence-corrected chi connectivity index (χ2v) is 6.82. The molecule has 6 heteroatoms. The lowest BCUT2D eigenvalue weighted by Gasteiger charge is -2.36. The van der Waals surface area contributed by atoms with E-state index in [0.717, 1.165) is 19.5 Å². The number of allylic oxidation sites excluding steroid dienone is 1. The molecule has 0 spiro atoms. The number of piperazine rings is 1. The molecule has 1 unspecified atom stereocenters. The Hall–Kier alpha value is -1.82. The lowest BCUT2D eigenvalue weighted by atomic mass is 9.86. The van der Waals surface area contributed by atoms with E-state index in [9.17, 15) is 14.4 Å². The summed E-state index contributed by atoms with van der Waals surface area (Å²) in [7, 11) is 0. The Balaban J connectivity index is 1.47. The van der Waals surface area contributed by atoms with Crippen molar-refractivity contribution in [3.8, 4) is 0 Å². The summed E-state index contributed by atoms with van der Waals surface area (Å²) in [6, 6.07) is 0.706. The molecular formula is C17H21N3O3. The van der Waals surface area contributed by atoms with E-state index < -0.39 is 11.8 Å². The largest absolute Gasteiger partial charge is 0.339 e. The Morgan fingerprint density at radius 3 is 2.52 bits per heavy atom. The highest BCUT2D eigenvalue weighted by Crippen LogP contribution is 2.29. The van der Waals surface area contributed by atoms with Gasteiger partial charge in [0.15, 0.2) is 5.78 Å². The minimum absolute atomic E-state index is 0.0128. The fraction of sp³-hybridized carbons (Fsp3) is 0.647. The van der Waals surface area contributed by atoms with Gasteiger partial charge in [-0.3, -0.25) is 19.3 Å². The molecule has 122 valence electrons. The van der Waals surface area contributed by atoms with Gasteiger partial charge in [0.2, 0.25) is 5.91 Å². The highest BCUT2D eigenvalue weighted by Gasteiger charge is 2.38. The molecule has 0 aromatic rings. The molecule has 0 aromatic carbocycles. The number of aliphatic imine (C=N–C) groups is 1. The normalized spacial score (nSPS) is 29.0. The van der Waals surface area contributed by atoms with E-state index in [1.165, 1.54) is 12.8 Å². The third kappa shape index (κ3) is 2.76. The van der Waals surface area contributed by atoms with Gasteiger partial charge in [-0.1, -0.05) is 6.08 Å². The van der Waals surface area contributed by atoms with Crippen LogP contribution < -0.4 is 0 Å². The van der Waals surface area contributed by atoms with Crippen LogP contribution in [-0.4, -0.2) is 65.3 Å². The Labute approximate surface area is 135 Å². The monoisotopic (exact) mass is 315 g/mol. The summed E-state index contributed by atoms with van der Waals surface area (Å²) in [5.74, 6) is -1.49. The number of hydrogen-bond acceptors (Lipinski definition) is 4. The molecule has 3 fully saturated rings. The van der Waals surface area contributed by atoms with Gasteiger partial charge in [-0.2, -0.15) is 0 Å². The number of rotatable bonds is 2. The minimum Gasteiger partial charge on any atom is -0.339 e. The van der Waals surface area contributed by atoms with Crippen molar-refractivity contribution in [2.75, 3.05) is 26.2 Å². The Morgan fingerprint density at radius 2 is 1.83 bits per heavy atom. The molecule has 0 N–H and O–H groups in total. The molecule has 2 aliphatic heterocycles. The fourth-order valence-electron chi connectivity index (χ4n) is 3.71. The number of carbonyl (C=O) groups excluding carboxylic acids is 3. The van der Waals surface area contributed by atoms with E-state index in [0.29, 0.717) is 43.3 Å². The molecule has 23 heavy (non-hydrogen) atoms. The lowest BCUT2D eigenvalue weighted by molar-refractivity contribution is -0.140. The van der Waals surface area contributed by atoms with E-state index in [1.54, 1.807) is 11.0 Å². The first-order valence-corrected chi connectivity index (χ1v) is 8.53. The molecule has 4 aliphatic rings. The molecule has 0 aromatic heterocycles. The molecule has 2 saturated carbocycles. The van der Waals surface area contributed by atoms with Gasteiger partial charge in [-0.15, -0.1) is 0 Å². The van der Waals surface area contributed by atoms with Crippen LogP contribution in [0.25, 0.3) is 0 Å². The maximum Gasteiger partial charge on any atom is 0.262 e. The zero-order chi connectivity index (χ0) is 16.0. The predicted molar refractivity (Wildman–Crippen MR) is 84.0 cm³/mol. The minimum atomic E-state index is -0.900. The van der Waals surface area contributed by atoms with Gasteiger partial charge in [-0.25, -0.2) is 4.99 Å². The summed E-state index contributed by atoms with van der Waals surface area (Å²) in [4.78, 5) is 45.1. The quantitative estimate of drug-likeness (QED) is 0.699. The van der Waals surface area contributed by atoms with Crippen molar-refractivity contribution in [2.45, 2.75) is 38.1 Å². The number of dihydropyridines is 1. The van der Waals surface area contributed by atoms with E-state index in [4.69, 9.17) is 0 Å². The van der Waals surface area contributed by atoms with Gasteiger partial charge in [0.05, 0.1) is 5.71 Å². The van der Waals surface area contributed by atoms with Crippen LogP contribution in [-0.2, 0) is 14.4 Å². The molecule has 6 nitrogen and oxygen atoms in total. The maximum atomic E-state index is 12.7. The van der Waals surface area contributed by atoms with Crippen LogP contribution >= 0.6 is 0 Å². The SMILES string of the molecule is O=C1CCCC2=NC(=O)C(C(=O)N3CCN(C4CC4)CC3)C=C12. The van der Waals surface area contributed by atoms with Gasteiger partial charge in [0.1, 0.15) is 5.92 Å². The van der Waals surface area contributed by atoms with Gasteiger partial charge in [-0.05, 0) is 25.7 Å². The van der Waals surface area contributed by atoms with E-state index in [1.807, 2.05) is 0 Å². The topological polar surface area (TPSA) is 70.0 Å². The number of nitrogens with zero attached hydrogens (tertiary/aromatic N) is 3. The van der Waals surface area contributed by atoms with Gasteiger partial charge >= 0.3 is 0 Å². The number of carbonyl (C=O) groups is 3. The van der Waals surface area contributed by atoms with Crippen LogP contribution in [0.2, 0.25) is 0 Å². The molecule has 2 heterocycles. The molecular weight excluding hydrogens is 294 g/mol. The molecule has 0 radical (unpaired) electrons. The first kappa shape index (κ1) is 14.8. The summed E-state index contributed by atoms with van der Waals surface area (Å²) < 4.78 is 0. The molecule has 2 aliphatic carbocycles. The Bertz CT molecular complexity index is 625. The van der Waals surface area contributed by atoms with Gasteiger partial charge in [0, 0.05) is 44.2 Å². The van der Waals surface area contributed by atoms with Crippen molar-refractivity contribution in [3.05, 3.63) is 11.6 Å². The van der Waals surface area contributed by atoms with Crippen molar-refractivity contribution in [1.82, 2.24) is 9.80 Å². The molecule has 2 amide bonds. The van der Waals surface area contributed by atoms with E-state index >= 15 is 0 Å². The van der Waals surface area contributed by atoms with Crippen LogP contribution in [0.1, 0.15) is 32.1 Å². The van der Waals surface area contributed by atoms with Crippen LogP contribution in [0.4, 0.5) is 0 Å². The summed E-state index contributed by atoms with van der Waals surface area (Å²) in [5.41, 5.74) is 1.08. The number of fused-ring (bicyclic) bond motifs is 1. The van der Waals surface area contributed by atoms with Crippen molar-refractivity contribution >= 4 is 23.3 Å². The fourth-order valence-corrected chi connectivity index (χ4v) is 3.71. The average Bonchev–Trinajstić information content (AvgIpc) is 3.39. The average molecular weight is 315 g/mol. The maximum absolute atomic E-state index is 12.7. The molecule has 0 bridgehead atoms. The van der Waals surface area contributed by atoms with Crippen molar-refractivity contribution in [3.63, 3.8) is 0 Å². The second-order valence-electron chi connectivity index (χ2n) is 6.82.